The number of piperidine rings is 1. The largest absolute Gasteiger partial charge is 0.354 e. The fraction of sp³-hybridized carbons (Fsp3) is 0.400. The zero-order chi connectivity index (χ0) is 22.0. The van der Waals surface area contributed by atoms with Crippen LogP contribution in [0.25, 0.3) is 5.82 Å². The van der Waals surface area contributed by atoms with Gasteiger partial charge in [0, 0.05) is 39.6 Å². The number of carbonyl (C=O) groups is 2. The van der Waals surface area contributed by atoms with E-state index in [2.05, 4.69) is 30.4 Å². The summed E-state index contributed by atoms with van der Waals surface area (Å²) in [4.78, 5) is 37.6. The van der Waals surface area contributed by atoms with Crippen molar-refractivity contribution in [2.24, 2.45) is 5.92 Å². The third kappa shape index (κ3) is 4.55. The third-order valence-corrected chi connectivity index (χ3v) is 6.21. The summed E-state index contributed by atoms with van der Waals surface area (Å²) in [5.41, 5.74) is 0.623. The standard InChI is InChI=1S/C20H24N8O2S/c1-13-17(19(30)26(2)3)31-20(22-13)23-18(29)14-5-4-9-27(11-14)15-6-7-16(25-24-15)28-10-8-21-12-28/h6-8,10,12,14H,4-5,9,11H2,1-3H3,(H,22,23,29). The molecule has 11 heteroatoms. The molecule has 1 N–H and O–H groups in total. The molecule has 0 aromatic carbocycles. The van der Waals surface area contributed by atoms with Crippen LogP contribution >= 0.6 is 11.3 Å². The molecule has 0 spiro atoms. The second-order valence-corrected chi connectivity index (χ2v) is 8.63. The lowest BCUT2D eigenvalue weighted by atomic mass is 9.97. The average molecular weight is 441 g/mol. The minimum atomic E-state index is -0.193. The molecule has 0 bridgehead atoms. The summed E-state index contributed by atoms with van der Waals surface area (Å²) in [7, 11) is 3.39. The Bertz CT molecular complexity index is 1060. The maximum absolute atomic E-state index is 12.9. The lowest BCUT2D eigenvalue weighted by Gasteiger charge is -2.32. The molecule has 162 valence electrons. The highest BCUT2D eigenvalue weighted by Crippen LogP contribution is 2.26. The van der Waals surface area contributed by atoms with Gasteiger partial charge in [0.25, 0.3) is 5.91 Å². The second-order valence-electron chi connectivity index (χ2n) is 7.63. The molecule has 0 radical (unpaired) electrons. The molecule has 10 nitrogen and oxygen atoms in total. The Labute approximate surface area is 183 Å². The van der Waals surface area contributed by atoms with Crippen LogP contribution < -0.4 is 10.2 Å². The molecule has 4 rings (SSSR count). The number of imidazole rings is 1. The summed E-state index contributed by atoms with van der Waals surface area (Å²) in [5, 5.41) is 11.9. The van der Waals surface area contributed by atoms with Gasteiger partial charge < -0.3 is 15.1 Å². The van der Waals surface area contributed by atoms with E-state index in [4.69, 9.17) is 0 Å². The first-order chi connectivity index (χ1) is 14.9. The molecule has 1 atom stereocenters. The summed E-state index contributed by atoms with van der Waals surface area (Å²) < 4.78 is 1.79. The summed E-state index contributed by atoms with van der Waals surface area (Å²) >= 11 is 1.21. The van der Waals surface area contributed by atoms with Gasteiger partial charge in [0.15, 0.2) is 16.8 Å². The Hall–Kier alpha value is -3.34. The van der Waals surface area contributed by atoms with Crippen molar-refractivity contribution in [2.45, 2.75) is 19.8 Å². The van der Waals surface area contributed by atoms with Gasteiger partial charge in [0.1, 0.15) is 11.2 Å². The molecular formula is C20H24N8O2S. The summed E-state index contributed by atoms with van der Waals surface area (Å²) in [5.74, 6) is 1.03. The van der Waals surface area contributed by atoms with Gasteiger partial charge in [-0.3, -0.25) is 14.2 Å². The molecule has 1 fully saturated rings. The molecule has 0 saturated carbocycles. The summed E-state index contributed by atoms with van der Waals surface area (Å²) in [6.07, 6.45) is 6.83. The van der Waals surface area contributed by atoms with Crippen LogP contribution in [0.2, 0.25) is 0 Å². The van der Waals surface area contributed by atoms with Crippen molar-refractivity contribution in [3.63, 3.8) is 0 Å². The molecule has 1 saturated heterocycles. The van der Waals surface area contributed by atoms with E-state index in [1.165, 1.54) is 16.2 Å². The van der Waals surface area contributed by atoms with Crippen molar-refractivity contribution in [3.05, 3.63) is 41.4 Å². The lowest BCUT2D eigenvalue weighted by Crippen LogP contribution is -2.41. The molecule has 4 heterocycles. The molecule has 2 amide bonds. The van der Waals surface area contributed by atoms with Crippen LogP contribution in [0.1, 0.15) is 28.2 Å². The topological polar surface area (TPSA) is 109 Å². The van der Waals surface area contributed by atoms with Crippen molar-refractivity contribution in [1.82, 2.24) is 29.6 Å². The molecule has 31 heavy (non-hydrogen) atoms. The van der Waals surface area contributed by atoms with Crippen LogP contribution in [-0.4, -0.2) is 68.6 Å². The number of hydrogen-bond donors (Lipinski definition) is 1. The van der Waals surface area contributed by atoms with Crippen LogP contribution in [0.3, 0.4) is 0 Å². The van der Waals surface area contributed by atoms with Crippen LogP contribution in [0.15, 0.2) is 30.9 Å². The highest BCUT2D eigenvalue weighted by Gasteiger charge is 2.28. The molecule has 0 aliphatic carbocycles. The third-order valence-electron chi connectivity index (χ3n) is 5.15. The van der Waals surface area contributed by atoms with Gasteiger partial charge in [-0.1, -0.05) is 11.3 Å². The Balaban J connectivity index is 1.41. The number of thiazole rings is 1. The van der Waals surface area contributed by atoms with Crippen molar-refractivity contribution >= 4 is 34.1 Å². The van der Waals surface area contributed by atoms with E-state index >= 15 is 0 Å². The summed E-state index contributed by atoms with van der Waals surface area (Å²) in [6, 6.07) is 3.79. The van der Waals surface area contributed by atoms with Gasteiger partial charge in [-0.25, -0.2) is 9.97 Å². The highest BCUT2D eigenvalue weighted by molar-refractivity contribution is 7.17. The van der Waals surface area contributed by atoms with E-state index in [0.29, 0.717) is 28.1 Å². The van der Waals surface area contributed by atoms with Crippen molar-refractivity contribution in [1.29, 1.82) is 0 Å². The number of carbonyl (C=O) groups excluding carboxylic acids is 2. The first-order valence-electron chi connectivity index (χ1n) is 9.99. The van der Waals surface area contributed by atoms with Crippen molar-refractivity contribution < 1.29 is 9.59 Å². The highest BCUT2D eigenvalue weighted by atomic mass is 32.1. The zero-order valence-electron chi connectivity index (χ0n) is 17.6. The summed E-state index contributed by atoms with van der Waals surface area (Å²) in [6.45, 7) is 3.15. The van der Waals surface area contributed by atoms with Gasteiger partial charge in [-0.15, -0.1) is 10.2 Å². The van der Waals surface area contributed by atoms with E-state index < -0.39 is 0 Å². The zero-order valence-corrected chi connectivity index (χ0v) is 18.5. The predicted molar refractivity (Wildman–Crippen MR) is 118 cm³/mol. The lowest BCUT2D eigenvalue weighted by molar-refractivity contribution is -0.120. The van der Waals surface area contributed by atoms with Crippen LogP contribution in [0, 0.1) is 12.8 Å². The van der Waals surface area contributed by atoms with E-state index in [9.17, 15) is 9.59 Å². The van der Waals surface area contributed by atoms with E-state index in [1.807, 2.05) is 18.3 Å². The maximum atomic E-state index is 12.9. The Morgan fingerprint density at radius 2 is 2.00 bits per heavy atom. The smallest absolute Gasteiger partial charge is 0.265 e. The number of aryl methyl sites for hydroxylation is 1. The van der Waals surface area contributed by atoms with Crippen LogP contribution in [0.5, 0.6) is 0 Å². The quantitative estimate of drug-likeness (QED) is 0.646. The molecule has 3 aromatic heterocycles. The first-order valence-corrected chi connectivity index (χ1v) is 10.8. The molecule has 1 aliphatic heterocycles. The van der Waals surface area contributed by atoms with Gasteiger partial charge in [0.2, 0.25) is 5.91 Å². The monoisotopic (exact) mass is 440 g/mol. The SMILES string of the molecule is Cc1nc(NC(=O)C2CCCN(c3ccc(-n4ccnc4)nn3)C2)sc1C(=O)N(C)C. The van der Waals surface area contributed by atoms with Crippen molar-refractivity contribution in [2.75, 3.05) is 37.4 Å². The van der Waals surface area contributed by atoms with Crippen LogP contribution in [0.4, 0.5) is 10.9 Å². The Morgan fingerprint density at radius 1 is 1.23 bits per heavy atom. The fourth-order valence-electron chi connectivity index (χ4n) is 3.48. The second kappa shape index (κ2) is 8.80. The van der Waals surface area contributed by atoms with Crippen LogP contribution in [-0.2, 0) is 4.79 Å². The number of nitrogens with zero attached hydrogens (tertiary/aromatic N) is 7. The Kier molecular flexibility index (Phi) is 5.94. The molecule has 3 aromatic rings. The molecule has 1 aliphatic rings. The number of aromatic nitrogens is 5. The predicted octanol–water partition coefficient (Wildman–Crippen LogP) is 1.98. The van der Waals surface area contributed by atoms with E-state index in [-0.39, 0.29) is 17.7 Å². The maximum Gasteiger partial charge on any atom is 0.265 e. The number of amides is 2. The number of nitrogens with one attached hydrogen (secondary N) is 1. The van der Waals surface area contributed by atoms with Crippen molar-refractivity contribution in [3.8, 4) is 5.82 Å². The number of hydrogen-bond acceptors (Lipinski definition) is 8. The van der Waals surface area contributed by atoms with E-state index in [1.54, 1.807) is 38.1 Å². The number of anilines is 2. The average Bonchev–Trinajstić information content (AvgIpc) is 3.43. The van der Waals surface area contributed by atoms with Gasteiger partial charge in [0.05, 0.1) is 11.6 Å². The van der Waals surface area contributed by atoms with Gasteiger partial charge in [-0.2, -0.15) is 0 Å². The van der Waals surface area contributed by atoms with Gasteiger partial charge >= 0.3 is 0 Å². The number of rotatable bonds is 5. The first kappa shape index (κ1) is 20.9. The minimum Gasteiger partial charge on any atom is -0.354 e. The molecule has 1 unspecified atom stereocenters. The van der Waals surface area contributed by atoms with E-state index in [0.717, 1.165) is 25.2 Å². The minimum absolute atomic E-state index is 0.0923. The van der Waals surface area contributed by atoms with Gasteiger partial charge in [-0.05, 0) is 31.9 Å². The normalized spacial score (nSPS) is 16.2. The Morgan fingerprint density at radius 3 is 2.68 bits per heavy atom. The molecular weight excluding hydrogens is 416 g/mol. The fourth-order valence-corrected chi connectivity index (χ4v) is 4.47.